The van der Waals surface area contributed by atoms with Gasteiger partial charge in [0.05, 0.1) is 10.5 Å². The molecule has 6 nitrogen and oxygen atoms in total. The van der Waals surface area contributed by atoms with Gasteiger partial charge in [0, 0.05) is 18.8 Å². The largest absolute Gasteiger partial charge is 0.366 e. The van der Waals surface area contributed by atoms with Gasteiger partial charge >= 0.3 is 0 Å². The van der Waals surface area contributed by atoms with Gasteiger partial charge in [-0.1, -0.05) is 55.4 Å². The van der Waals surface area contributed by atoms with Gasteiger partial charge in [0.1, 0.15) is 15.8 Å². The van der Waals surface area contributed by atoms with Crippen LogP contribution >= 0.6 is 24.0 Å². The van der Waals surface area contributed by atoms with Gasteiger partial charge in [-0.2, -0.15) is 0 Å². The number of rotatable bonds is 5. The molecule has 1 N–H and O–H groups in total. The summed E-state index contributed by atoms with van der Waals surface area (Å²) in [5, 5.41) is 3.13. The Labute approximate surface area is 185 Å². The Morgan fingerprint density at radius 1 is 1.30 bits per heavy atom. The number of hydrogen-bond donors (Lipinski definition) is 1. The summed E-state index contributed by atoms with van der Waals surface area (Å²) < 4.78 is 2.09. The molecule has 8 heteroatoms. The lowest BCUT2D eigenvalue weighted by atomic mass is 9.94. The second-order valence-electron chi connectivity index (χ2n) is 7.63. The summed E-state index contributed by atoms with van der Waals surface area (Å²) in [6.45, 7) is 6.10. The molecule has 3 heterocycles. The molecule has 1 aliphatic heterocycles. The van der Waals surface area contributed by atoms with Crippen LogP contribution in [0.5, 0.6) is 0 Å². The highest BCUT2D eigenvalue weighted by atomic mass is 32.2. The number of anilines is 1. The lowest BCUT2D eigenvalue weighted by Crippen LogP contribution is -2.39. The highest BCUT2D eigenvalue weighted by molar-refractivity contribution is 8.26. The average Bonchev–Trinajstić information content (AvgIpc) is 3.03. The molecule has 30 heavy (non-hydrogen) atoms. The summed E-state index contributed by atoms with van der Waals surface area (Å²) in [5.74, 6) is 0.326. The molecule has 2 aromatic rings. The average molecular weight is 441 g/mol. The molecule has 1 saturated heterocycles. The first-order chi connectivity index (χ1) is 14.5. The van der Waals surface area contributed by atoms with E-state index >= 15 is 0 Å². The highest BCUT2D eigenvalue weighted by Crippen LogP contribution is 2.37. The summed E-state index contributed by atoms with van der Waals surface area (Å²) >= 11 is 6.79. The molecule has 2 aromatic heterocycles. The zero-order valence-corrected chi connectivity index (χ0v) is 18.5. The summed E-state index contributed by atoms with van der Waals surface area (Å²) in [5.41, 5.74) is 1.62. The maximum atomic E-state index is 13.3. The molecule has 0 aromatic carbocycles. The van der Waals surface area contributed by atoms with Crippen LogP contribution in [0, 0.1) is 6.92 Å². The molecular formula is C22H24N4O2S2. The molecule has 1 amide bonds. The number of carbonyl (C=O) groups excluding carboxylic acids is 1. The fraction of sp³-hybridized carbons (Fsp3) is 0.364. The zero-order valence-electron chi connectivity index (χ0n) is 16.9. The molecule has 1 aliphatic carbocycles. The maximum Gasteiger partial charge on any atom is 0.267 e. The fourth-order valence-electron chi connectivity index (χ4n) is 3.96. The Hall–Kier alpha value is -2.45. The van der Waals surface area contributed by atoms with Gasteiger partial charge in [-0.25, -0.2) is 4.98 Å². The molecule has 1 saturated carbocycles. The van der Waals surface area contributed by atoms with Crippen molar-refractivity contribution in [2.75, 3.05) is 11.9 Å². The van der Waals surface area contributed by atoms with Crippen molar-refractivity contribution >= 4 is 51.7 Å². The summed E-state index contributed by atoms with van der Waals surface area (Å²) in [6.07, 6.45) is 10.5. The van der Waals surface area contributed by atoms with E-state index in [-0.39, 0.29) is 17.5 Å². The number of thiocarbonyl (C=S) groups is 1. The monoisotopic (exact) mass is 440 g/mol. The van der Waals surface area contributed by atoms with Gasteiger partial charge in [0.2, 0.25) is 0 Å². The number of carbonyl (C=O) groups is 1. The van der Waals surface area contributed by atoms with Gasteiger partial charge in [0.15, 0.2) is 0 Å². The minimum atomic E-state index is -0.224. The van der Waals surface area contributed by atoms with Crippen LogP contribution in [0.4, 0.5) is 5.82 Å². The van der Waals surface area contributed by atoms with E-state index in [0.29, 0.717) is 32.8 Å². The van der Waals surface area contributed by atoms with E-state index in [1.54, 1.807) is 23.2 Å². The third-order valence-electron chi connectivity index (χ3n) is 5.46. The number of thioether (sulfide) groups is 1. The third-order valence-corrected chi connectivity index (χ3v) is 6.79. The summed E-state index contributed by atoms with van der Waals surface area (Å²) in [6, 6.07) is 3.88. The number of aromatic nitrogens is 2. The second-order valence-corrected chi connectivity index (χ2v) is 9.30. The van der Waals surface area contributed by atoms with E-state index in [1.807, 2.05) is 19.1 Å². The molecule has 0 bridgehead atoms. The molecule has 0 radical (unpaired) electrons. The third kappa shape index (κ3) is 3.94. The van der Waals surface area contributed by atoms with Crippen LogP contribution in [-0.4, -0.2) is 37.1 Å². The Morgan fingerprint density at radius 3 is 2.80 bits per heavy atom. The smallest absolute Gasteiger partial charge is 0.267 e. The molecule has 156 valence electrons. The van der Waals surface area contributed by atoms with E-state index in [1.165, 1.54) is 22.6 Å². The minimum absolute atomic E-state index is 0.111. The van der Waals surface area contributed by atoms with E-state index in [4.69, 9.17) is 12.2 Å². The molecule has 0 unspecified atom stereocenters. The number of fused-ring (bicyclic) bond motifs is 1. The fourth-order valence-corrected chi connectivity index (χ4v) is 5.34. The van der Waals surface area contributed by atoms with Crippen molar-refractivity contribution in [3.05, 3.63) is 57.4 Å². The molecule has 0 atom stereocenters. The van der Waals surface area contributed by atoms with Crippen LogP contribution in [0.25, 0.3) is 11.7 Å². The van der Waals surface area contributed by atoms with Crippen LogP contribution in [0.3, 0.4) is 0 Å². The molecule has 2 fully saturated rings. The quantitative estimate of drug-likeness (QED) is 0.428. The summed E-state index contributed by atoms with van der Waals surface area (Å²) in [4.78, 5) is 33.2. The van der Waals surface area contributed by atoms with Crippen molar-refractivity contribution in [3.63, 3.8) is 0 Å². The van der Waals surface area contributed by atoms with E-state index in [2.05, 4.69) is 16.9 Å². The lowest BCUT2D eigenvalue weighted by Gasteiger charge is -2.29. The summed E-state index contributed by atoms with van der Waals surface area (Å²) in [7, 11) is 0. The van der Waals surface area contributed by atoms with Gasteiger partial charge < -0.3 is 5.32 Å². The number of hydrogen-bond acceptors (Lipinski definition) is 6. The minimum Gasteiger partial charge on any atom is -0.366 e. The number of nitrogens with zero attached hydrogens (tertiary/aromatic N) is 3. The Balaban J connectivity index is 1.78. The van der Waals surface area contributed by atoms with Crippen molar-refractivity contribution in [2.24, 2.45) is 0 Å². The van der Waals surface area contributed by atoms with Gasteiger partial charge in [0.25, 0.3) is 11.5 Å². The number of amides is 1. The number of pyridine rings is 1. The van der Waals surface area contributed by atoms with Gasteiger partial charge in [-0.05, 0) is 37.5 Å². The molecule has 2 aliphatic rings. The van der Waals surface area contributed by atoms with Crippen molar-refractivity contribution in [2.45, 2.75) is 45.1 Å². The van der Waals surface area contributed by atoms with E-state index < -0.39 is 0 Å². The second kappa shape index (κ2) is 8.73. The topological polar surface area (TPSA) is 66.7 Å². The number of aryl methyl sites for hydroxylation is 1. The van der Waals surface area contributed by atoms with Crippen molar-refractivity contribution in [3.8, 4) is 0 Å². The maximum absolute atomic E-state index is 13.3. The first kappa shape index (κ1) is 20.8. The standard InChI is InChI=1S/C22H24N4O2S2/c1-3-11-23-19-16(20(27)25-13-14(2)9-10-18(25)24-19)12-17-21(28)26(22(29)30-17)15-7-5-4-6-8-15/h3,9-10,12-13,15,23H,1,4-8,11H2,2H3/b17-12+. The first-order valence-electron chi connectivity index (χ1n) is 10.1. The predicted octanol–water partition coefficient (Wildman–Crippen LogP) is 4.13. The highest BCUT2D eigenvalue weighted by Gasteiger charge is 2.37. The molecule has 4 rings (SSSR count). The van der Waals surface area contributed by atoms with Crippen molar-refractivity contribution in [1.82, 2.24) is 14.3 Å². The Bertz CT molecular complexity index is 1120. The predicted molar refractivity (Wildman–Crippen MR) is 127 cm³/mol. The van der Waals surface area contributed by atoms with Crippen LogP contribution in [-0.2, 0) is 4.79 Å². The Morgan fingerprint density at radius 2 is 2.07 bits per heavy atom. The van der Waals surface area contributed by atoms with Crippen LogP contribution in [0.1, 0.15) is 43.2 Å². The lowest BCUT2D eigenvalue weighted by molar-refractivity contribution is -0.124. The van der Waals surface area contributed by atoms with Crippen molar-refractivity contribution in [1.29, 1.82) is 0 Å². The number of nitrogens with one attached hydrogen (secondary N) is 1. The van der Waals surface area contributed by atoms with E-state index in [9.17, 15) is 9.59 Å². The SMILES string of the molecule is C=CCNc1nc2ccc(C)cn2c(=O)c1/C=C1/SC(=S)N(C2CCCCC2)C1=O. The zero-order chi connectivity index (χ0) is 21.3. The van der Waals surface area contributed by atoms with Gasteiger partial charge in [-0.15, -0.1) is 6.58 Å². The molecule has 0 spiro atoms. The van der Waals surface area contributed by atoms with Crippen molar-refractivity contribution < 1.29 is 4.79 Å². The van der Waals surface area contributed by atoms with E-state index in [0.717, 1.165) is 31.2 Å². The van der Waals surface area contributed by atoms with Crippen LogP contribution in [0.2, 0.25) is 0 Å². The van der Waals surface area contributed by atoms with Gasteiger partial charge in [-0.3, -0.25) is 18.9 Å². The molecular weight excluding hydrogens is 416 g/mol. The normalized spacial score (nSPS) is 19.1. The first-order valence-corrected chi connectivity index (χ1v) is 11.4. The van der Waals surface area contributed by atoms with Crippen LogP contribution in [0.15, 0.2) is 40.7 Å². The Kier molecular flexibility index (Phi) is 6.06. The van der Waals surface area contributed by atoms with Crippen LogP contribution < -0.4 is 10.9 Å².